The smallest absolute Gasteiger partial charge is 0.265 e. The van der Waals surface area contributed by atoms with Crippen molar-refractivity contribution in [2.45, 2.75) is 31.6 Å². The SMILES string of the molecule is Cc1nc(C(C)C)sc1C(=O)N1CCN(S(=O)(=O)c2c(F)cccc2F)CC1. The van der Waals surface area contributed by atoms with Gasteiger partial charge in [0.2, 0.25) is 10.0 Å². The van der Waals surface area contributed by atoms with Crippen LogP contribution in [0.4, 0.5) is 8.78 Å². The van der Waals surface area contributed by atoms with E-state index < -0.39 is 26.6 Å². The van der Waals surface area contributed by atoms with E-state index in [1.807, 2.05) is 13.8 Å². The highest BCUT2D eigenvalue weighted by molar-refractivity contribution is 7.89. The average molecular weight is 430 g/mol. The summed E-state index contributed by atoms with van der Waals surface area (Å²) in [6.45, 7) is 5.99. The standard InChI is InChI=1S/C18H21F2N3O3S2/c1-11(2)17-21-12(3)15(27-17)18(24)22-7-9-23(10-8-22)28(25,26)16-13(19)5-4-6-14(16)20/h4-6,11H,7-10H2,1-3H3. The van der Waals surface area contributed by atoms with Crippen molar-refractivity contribution >= 4 is 27.3 Å². The van der Waals surface area contributed by atoms with Crippen LogP contribution >= 0.6 is 11.3 Å². The first-order chi connectivity index (χ1) is 13.1. The van der Waals surface area contributed by atoms with Gasteiger partial charge in [0.1, 0.15) is 16.5 Å². The summed E-state index contributed by atoms with van der Waals surface area (Å²) in [5.41, 5.74) is 0.655. The zero-order valence-electron chi connectivity index (χ0n) is 15.8. The number of sulfonamides is 1. The fourth-order valence-electron chi connectivity index (χ4n) is 3.00. The van der Waals surface area contributed by atoms with Crippen molar-refractivity contribution in [1.29, 1.82) is 0 Å². The zero-order valence-corrected chi connectivity index (χ0v) is 17.4. The van der Waals surface area contributed by atoms with E-state index in [1.165, 1.54) is 11.3 Å². The average Bonchev–Trinajstić information content (AvgIpc) is 3.03. The van der Waals surface area contributed by atoms with Gasteiger partial charge in [-0.2, -0.15) is 4.31 Å². The van der Waals surface area contributed by atoms with Crippen LogP contribution in [0.5, 0.6) is 0 Å². The second-order valence-corrected chi connectivity index (χ2v) is 9.77. The van der Waals surface area contributed by atoms with Crippen LogP contribution in [0.3, 0.4) is 0 Å². The minimum absolute atomic E-state index is 0.0310. The Morgan fingerprint density at radius 3 is 2.21 bits per heavy atom. The van der Waals surface area contributed by atoms with E-state index in [-0.39, 0.29) is 38.0 Å². The number of hydrogen-bond acceptors (Lipinski definition) is 5. The molecule has 1 aliphatic heterocycles. The fourth-order valence-corrected chi connectivity index (χ4v) is 5.56. The van der Waals surface area contributed by atoms with Crippen molar-refractivity contribution in [3.05, 3.63) is 45.4 Å². The lowest BCUT2D eigenvalue weighted by molar-refractivity contribution is 0.0701. The lowest BCUT2D eigenvalue weighted by Crippen LogP contribution is -2.50. The van der Waals surface area contributed by atoms with Crippen molar-refractivity contribution in [1.82, 2.24) is 14.2 Å². The first kappa shape index (κ1) is 20.8. The Morgan fingerprint density at radius 2 is 1.71 bits per heavy atom. The summed E-state index contributed by atoms with van der Waals surface area (Å²) in [5.74, 6) is -2.24. The van der Waals surface area contributed by atoms with Crippen LogP contribution in [-0.4, -0.2) is 54.7 Å². The number of hydrogen-bond donors (Lipinski definition) is 0. The highest BCUT2D eigenvalue weighted by Gasteiger charge is 2.34. The van der Waals surface area contributed by atoms with Crippen LogP contribution < -0.4 is 0 Å². The molecule has 0 atom stereocenters. The number of amides is 1. The molecule has 0 N–H and O–H groups in total. The Kier molecular flexibility index (Phi) is 5.83. The van der Waals surface area contributed by atoms with E-state index in [1.54, 1.807) is 11.8 Å². The molecule has 152 valence electrons. The summed E-state index contributed by atoms with van der Waals surface area (Å²) < 4.78 is 54.1. The largest absolute Gasteiger partial charge is 0.335 e. The minimum atomic E-state index is -4.32. The van der Waals surface area contributed by atoms with E-state index in [0.717, 1.165) is 27.5 Å². The molecule has 2 heterocycles. The number of thiazole rings is 1. The van der Waals surface area contributed by atoms with E-state index in [4.69, 9.17) is 0 Å². The van der Waals surface area contributed by atoms with Gasteiger partial charge in [-0.05, 0) is 19.1 Å². The maximum Gasteiger partial charge on any atom is 0.265 e. The number of rotatable bonds is 4. The summed E-state index contributed by atoms with van der Waals surface area (Å²) in [4.78, 5) is 18.4. The lowest BCUT2D eigenvalue weighted by Gasteiger charge is -2.33. The second-order valence-electron chi connectivity index (χ2n) is 6.87. The van der Waals surface area contributed by atoms with Crippen molar-refractivity contribution in [2.75, 3.05) is 26.2 Å². The molecule has 1 fully saturated rings. The molecule has 1 saturated heterocycles. The van der Waals surface area contributed by atoms with Gasteiger partial charge in [-0.1, -0.05) is 19.9 Å². The Labute approximate surface area is 166 Å². The number of piperazine rings is 1. The van der Waals surface area contributed by atoms with Crippen LogP contribution in [-0.2, 0) is 10.0 Å². The first-order valence-corrected chi connectivity index (χ1v) is 11.1. The van der Waals surface area contributed by atoms with Gasteiger partial charge in [0.05, 0.1) is 10.7 Å². The summed E-state index contributed by atoms with van der Waals surface area (Å²) in [6, 6.07) is 2.94. The van der Waals surface area contributed by atoms with Crippen LogP contribution in [0.25, 0.3) is 0 Å². The molecule has 1 aliphatic rings. The van der Waals surface area contributed by atoms with Gasteiger partial charge in [0.15, 0.2) is 4.90 Å². The normalized spacial score (nSPS) is 16.0. The molecule has 28 heavy (non-hydrogen) atoms. The highest BCUT2D eigenvalue weighted by Crippen LogP contribution is 2.27. The lowest BCUT2D eigenvalue weighted by atomic mass is 10.2. The molecule has 0 radical (unpaired) electrons. The maximum atomic E-state index is 13.9. The molecule has 0 saturated carbocycles. The van der Waals surface area contributed by atoms with Gasteiger partial charge in [0, 0.05) is 32.1 Å². The first-order valence-electron chi connectivity index (χ1n) is 8.83. The molecule has 0 unspecified atom stereocenters. The van der Waals surface area contributed by atoms with Gasteiger partial charge in [-0.3, -0.25) is 4.79 Å². The van der Waals surface area contributed by atoms with Gasteiger partial charge < -0.3 is 4.90 Å². The molecular formula is C18H21F2N3O3S2. The minimum Gasteiger partial charge on any atom is -0.335 e. The Balaban J connectivity index is 1.75. The Morgan fingerprint density at radius 1 is 1.14 bits per heavy atom. The molecule has 1 aromatic heterocycles. The predicted octanol–water partition coefficient (Wildman–Crippen LogP) is 3.00. The Bertz CT molecular complexity index is 977. The molecule has 1 aromatic carbocycles. The number of aryl methyl sites for hydroxylation is 1. The van der Waals surface area contributed by atoms with E-state index in [2.05, 4.69) is 4.98 Å². The number of benzene rings is 1. The van der Waals surface area contributed by atoms with Crippen LogP contribution in [0, 0.1) is 18.6 Å². The van der Waals surface area contributed by atoms with E-state index in [0.29, 0.717) is 10.6 Å². The predicted molar refractivity (Wildman–Crippen MR) is 102 cm³/mol. The zero-order chi connectivity index (χ0) is 20.6. The molecule has 0 bridgehead atoms. The van der Waals surface area contributed by atoms with Crippen LogP contribution in [0.1, 0.15) is 40.1 Å². The number of carbonyl (C=O) groups excluding carboxylic acids is 1. The van der Waals surface area contributed by atoms with Gasteiger partial charge in [0.25, 0.3) is 5.91 Å². The van der Waals surface area contributed by atoms with Gasteiger partial charge >= 0.3 is 0 Å². The molecular weight excluding hydrogens is 408 g/mol. The highest BCUT2D eigenvalue weighted by atomic mass is 32.2. The molecule has 6 nitrogen and oxygen atoms in total. The van der Waals surface area contributed by atoms with Crippen LogP contribution in [0.2, 0.25) is 0 Å². The number of nitrogens with zero attached hydrogens (tertiary/aromatic N) is 3. The van der Waals surface area contributed by atoms with Gasteiger partial charge in [-0.15, -0.1) is 11.3 Å². The summed E-state index contributed by atoms with van der Waals surface area (Å²) in [6.07, 6.45) is 0. The monoisotopic (exact) mass is 429 g/mol. The number of carbonyl (C=O) groups is 1. The molecule has 0 spiro atoms. The third-order valence-electron chi connectivity index (χ3n) is 4.54. The number of halogens is 2. The molecule has 3 rings (SSSR count). The maximum absolute atomic E-state index is 13.9. The molecule has 0 aliphatic carbocycles. The summed E-state index contributed by atoms with van der Waals surface area (Å²) in [7, 11) is -4.32. The molecule has 2 aromatic rings. The number of aromatic nitrogens is 1. The third kappa shape index (κ3) is 3.81. The van der Waals surface area contributed by atoms with Crippen molar-refractivity contribution in [3.8, 4) is 0 Å². The van der Waals surface area contributed by atoms with E-state index >= 15 is 0 Å². The van der Waals surface area contributed by atoms with E-state index in [9.17, 15) is 22.0 Å². The summed E-state index contributed by atoms with van der Waals surface area (Å²) >= 11 is 1.34. The summed E-state index contributed by atoms with van der Waals surface area (Å²) in [5, 5.41) is 0.872. The topological polar surface area (TPSA) is 70.6 Å². The van der Waals surface area contributed by atoms with Crippen molar-refractivity contribution in [3.63, 3.8) is 0 Å². The molecule has 10 heteroatoms. The van der Waals surface area contributed by atoms with Gasteiger partial charge in [-0.25, -0.2) is 22.2 Å². The molecule has 1 amide bonds. The fraction of sp³-hybridized carbons (Fsp3) is 0.444. The van der Waals surface area contributed by atoms with Crippen molar-refractivity contribution in [2.24, 2.45) is 0 Å². The quantitative estimate of drug-likeness (QED) is 0.749. The Hall–Kier alpha value is -1.91. The second kappa shape index (κ2) is 7.84. The van der Waals surface area contributed by atoms with Crippen LogP contribution in [0.15, 0.2) is 23.1 Å². The third-order valence-corrected chi connectivity index (χ3v) is 7.94. The van der Waals surface area contributed by atoms with Crippen molar-refractivity contribution < 1.29 is 22.0 Å².